The van der Waals surface area contributed by atoms with Gasteiger partial charge in [0.25, 0.3) is 0 Å². The number of ether oxygens (including phenoxy) is 1. The maximum atomic E-state index is 13.4. The molecule has 2 amide bonds. The van der Waals surface area contributed by atoms with Gasteiger partial charge in [0.1, 0.15) is 11.5 Å². The Bertz CT molecular complexity index is 863. The lowest BCUT2D eigenvalue weighted by Crippen LogP contribution is -2.49. The maximum absolute atomic E-state index is 13.4. The van der Waals surface area contributed by atoms with Gasteiger partial charge in [-0.25, -0.2) is 0 Å². The van der Waals surface area contributed by atoms with E-state index in [9.17, 15) is 9.59 Å². The highest BCUT2D eigenvalue weighted by Gasteiger charge is 2.42. The van der Waals surface area contributed by atoms with Crippen molar-refractivity contribution in [2.75, 3.05) is 27.3 Å². The minimum atomic E-state index is -0.316. The number of nitrogens with zero attached hydrogens (tertiary/aromatic N) is 3. The molecule has 2 heterocycles. The summed E-state index contributed by atoms with van der Waals surface area (Å²) in [4.78, 5) is 29.7. The number of rotatable bonds is 7. The number of aryl methyl sites for hydroxylation is 2. The fourth-order valence-electron chi connectivity index (χ4n) is 4.06. The van der Waals surface area contributed by atoms with E-state index in [0.29, 0.717) is 44.0 Å². The van der Waals surface area contributed by atoms with E-state index in [1.165, 1.54) is 0 Å². The molecule has 3 rings (SSSR count). The molecule has 0 radical (unpaired) electrons. The molecule has 1 aliphatic heterocycles. The van der Waals surface area contributed by atoms with Crippen LogP contribution in [0.5, 0.6) is 0 Å². The molecule has 29 heavy (non-hydrogen) atoms. The predicted octanol–water partition coefficient (Wildman–Crippen LogP) is 2.88. The van der Waals surface area contributed by atoms with Crippen LogP contribution in [0.2, 0.25) is 0 Å². The van der Waals surface area contributed by atoms with Crippen LogP contribution in [0.4, 0.5) is 0 Å². The normalized spacial score (nSPS) is 19.4. The number of benzene rings is 1. The van der Waals surface area contributed by atoms with Crippen LogP contribution in [0.15, 0.2) is 34.9 Å². The number of likely N-dealkylation sites (tertiary alicyclic amines) is 1. The highest BCUT2D eigenvalue weighted by Crippen LogP contribution is 2.39. The molecule has 0 bridgehead atoms. The molecule has 7 heteroatoms. The van der Waals surface area contributed by atoms with Gasteiger partial charge >= 0.3 is 0 Å². The van der Waals surface area contributed by atoms with Gasteiger partial charge < -0.3 is 19.1 Å². The summed E-state index contributed by atoms with van der Waals surface area (Å²) in [6.45, 7) is 5.12. The smallest absolute Gasteiger partial charge is 0.228 e. The van der Waals surface area contributed by atoms with Crippen LogP contribution in [-0.4, -0.2) is 54.1 Å². The molecule has 156 valence electrons. The molecule has 0 spiro atoms. The molecule has 1 aromatic heterocycles. The largest absolute Gasteiger partial charge is 0.383 e. The van der Waals surface area contributed by atoms with Crippen LogP contribution in [0.3, 0.4) is 0 Å². The van der Waals surface area contributed by atoms with E-state index >= 15 is 0 Å². The second-order valence-corrected chi connectivity index (χ2v) is 7.65. The molecule has 1 aliphatic rings. The van der Waals surface area contributed by atoms with Crippen molar-refractivity contribution in [2.45, 2.75) is 39.3 Å². The number of hydrogen-bond acceptors (Lipinski definition) is 5. The van der Waals surface area contributed by atoms with Gasteiger partial charge in [0.2, 0.25) is 11.8 Å². The van der Waals surface area contributed by atoms with Gasteiger partial charge in [-0.3, -0.25) is 9.59 Å². The fraction of sp³-hybridized carbons (Fsp3) is 0.500. The molecule has 0 N–H and O–H groups in total. The third kappa shape index (κ3) is 4.67. The van der Waals surface area contributed by atoms with Crippen LogP contribution in [0, 0.1) is 19.8 Å². The number of methoxy groups -OCH3 is 1. The van der Waals surface area contributed by atoms with Crippen molar-refractivity contribution in [3.63, 3.8) is 0 Å². The topological polar surface area (TPSA) is 75.9 Å². The first-order valence-electron chi connectivity index (χ1n) is 9.93. The van der Waals surface area contributed by atoms with Gasteiger partial charge in [0, 0.05) is 33.2 Å². The van der Waals surface area contributed by atoms with Crippen molar-refractivity contribution < 1.29 is 18.8 Å². The van der Waals surface area contributed by atoms with Gasteiger partial charge in [-0.1, -0.05) is 29.4 Å². The second-order valence-electron chi connectivity index (χ2n) is 7.65. The lowest BCUT2D eigenvalue weighted by Gasteiger charge is -2.42. The summed E-state index contributed by atoms with van der Waals surface area (Å²) in [5.41, 5.74) is 2.80. The number of carbonyl (C=O) groups is 2. The van der Waals surface area contributed by atoms with Gasteiger partial charge in [-0.15, -0.1) is 0 Å². The molecule has 2 aromatic rings. The number of aromatic nitrogens is 1. The molecule has 2 atom stereocenters. The summed E-state index contributed by atoms with van der Waals surface area (Å²) >= 11 is 0. The Morgan fingerprint density at radius 2 is 2.10 bits per heavy atom. The highest BCUT2D eigenvalue weighted by atomic mass is 16.5. The molecule has 7 nitrogen and oxygen atoms in total. The van der Waals surface area contributed by atoms with Crippen LogP contribution in [-0.2, 0) is 20.9 Å². The van der Waals surface area contributed by atoms with E-state index in [1.54, 1.807) is 19.1 Å². The van der Waals surface area contributed by atoms with E-state index in [1.807, 2.05) is 49.1 Å². The average molecular weight is 399 g/mol. The lowest BCUT2D eigenvalue weighted by molar-refractivity contribution is -0.148. The van der Waals surface area contributed by atoms with Gasteiger partial charge in [-0.2, -0.15) is 0 Å². The molecule has 0 unspecified atom stereocenters. The first-order chi connectivity index (χ1) is 13.9. The number of amides is 2. The molecule has 0 saturated carbocycles. The summed E-state index contributed by atoms with van der Waals surface area (Å²) in [5.74, 6) is 0.472. The van der Waals surface area contributed by atoms with Crippen molar-refractivity contribution >= 4 is 11.8 Å². The van der Waals surface area contributed by atoms with E-state index in [0.717, 1.165) is 11.1 Å². The monoisotopic (exact) mass is 399 g/mol. The zero-order chi connectivity index (χ0) is 21.0. The first-order valence-corrected chi connectivity index (χ1v) is 9.93. The van der Waals surface area contributed by atoms with E-state index in [2.05, 4.69) is 5.16 Å². The van der Waals surface area contributed by atoms with Gasteiger partial charge in [0.15, 0.2) is 0 Å². The van der Waals surface area contributed by atoms with Crippen LogP contribution < -0.4 is 0 Å². The van der Waals surface area contributed by atoms with Gasteiger partial charge in [-0.05, 0) is 31.4 Å². The molecule has 1 fully saturated rings. The first kappa shape index (κ1) is 21.0. The number of piperidine rings is 1. The zero-order valence-electron chi connectivity index (χ0n) is 17.6. The minimum Gasteiger partial charge on any atom is -0.383 e. The summed E-state index contributed by atoms with van der Waals surface area (Å²) < 4.78 is 10.3. The van der Waals surface area contributed by atoms with Crippen molar-refractivity contribution in [2.24, 2.45) is 5.92 Å². The van der Waals surface area contributed by atoms with Crippen LogP contribution in [0.1, 0.15) is 41.5 Å². The Hall–Kier alpha value is -2.67. The Labute approximate surface area is 171 Å². The van der Waals surface area contributed by atoms with Crippen molar-refractivity contribution in [1.82, 2.24) is 15.0 Å². The Morgan fingerprint density at radius 1 is 1.34 bits per heavy atom. The summed E-state index contributed by atoms with van der Waals surface area (Å²) in [6.07, 6.45) is 0.891. The molecular weight excluding hydrogens is 370 g/mol. The SMILES string of the molecule is COCCN1C(=O)CC[C@@H](C(=O)N(C)Cc2cc(C)on2)[C@@H]1c1ccccc1C. The van der Waals surface area contributed by atoms with Crippen molar-refractivity contribution in [3.8, 4) is 0 Å². The van der Waals surface area contributed by atoms with E-state index < -0.39 is 0 Å². The second kappa shape index (κ2) is 9.22. The third-order valence-electron chi connectivity index (χ3n) is 5.52. The third-order valence-corrected chi connectivity index (χ3v) is 5.52. The zero-order valence-corrected chi connectivity index (χ0v) is 17.6. The lowest BCUT2D eigenvalue weighted by atomic mass is 9.81. The molecule has 0 aliphatic carbocycles. The van der Waals surface area contributed by atoms with E-state index in [4.69, 9.17) is 9.26 Å². The molecule has 1 saturated heterocycles. The Balaban J connectivity index is 1.90. The number of hydrogen-bond donors (Lipinski definition) is 0. The minimum absolute atomic E-state index is 0.00817. The number of carbonyl (C=O) groups excluding carboxylic acids is 2. The molecular formula is C22H29N3O4. The highest BCUT2D eigenvalue weighted by molar-refractivity contribution is 5.85. The summed E-state index contributed by atoms with van der Waals surface area (Å²) in [5, 5.41) is 3.99. The Kier molecular flexibility index (Phi) is 6.69. The average Bonchev–Trinajstić information content (AvgIpc) is 3.11. The predicted molar refractivity (Wildman–Crippen MR) is 108 cm³/mol. The standard InChI is InChI=1S/C22H29N3O4/c1-15-7-5-6-8-18(15)21-19(9-10-20(26)25(21)11-12-28-4)22(27)24(3)14-17-13-16(2)29-23-17/h5-8,13,19,21H,9-12,14H2,1-4H3/t19-,21+/m1/s1. The van der Waals surface area contributed by atoms with Crippen molar-refractivity contribution in [1.29, 1.82) is 0 Å². The van der Waals surface area contributed by atoms with Crippen LogP contribution >= 0.6 is 0 Å². The van der Waals surface area contributed by atoms with Crippen molar-refractivity contribution in [3.05, 3.63) is 52.9 Å². The fourth-order valence-corrected chi connectivity index (χ4v) is 4.06. The summed E-state index contributed by atoms with van der Waals surface area (Å²) in [6, 6.07) is 9.49. The Morgan fingerprint density at radius 3 is 2.76 bits per heavy atom. The molecule has 1 aromatic carbocycles. The van der Waals surface area contributed by atoms with E-state index in [-0.39, 0.29) is 23.8 Å². The quantitative estimate of drug-likeness (QED) is 0.716. The van der Waals surface area contributed by atoms with Gasteiger partial charge in [0.05, 0.1) is 25.1 Å². The maximum Gasteiger partial charge on any atom is 0.228 e. The summed E-state index contributed by atoms with van der Waals surface area (Å²) in [7, 11) is 3.39. The van der Waals surface area contributed by atoms with Crippen LogP contribution in [0.25, 0.3) is 0 Å².